The number of methoxy groups -OCH3 is 1. The number of carbonyl (C=O) groups is 1. The predicted molar refractivity (Wildman–Crippen MR) is 102 cm³/mol. The third kappa shape index (κ3) is 8.20. The second-order valence-electron chi connectivity index (χ2n) is 6.33. The fraction of sp³-hybridized carbons (Fsp3) is 0.316. The molecule has 0 saturated carbocycles. The van der Waals surface area contributed by atoms with Crippen molar-refractivity contribution in [2.24, 2.45) is 0 Å². The van der Waals surface area contributed by atoms with E-state index in [-0.39, 0.29) is 94.3 Å². The monoisotopic (exact) mass is 464 g/mol. The van der Waals surface area contributed by atoms with Crippen molar-refractivity contribution in [1.82, 2.24) is 0 Å². The molecule has 0 spiro atoms. The van der Waals surface area contributed by atoms with E-state index in [0.717, 1.165) is 12.1 Å². The summed E-state index contributed by atoms with van der Waals surface area (Å²) in [6.07, 6.45) is -0.192. The van der Waals surface area contributed by atoms with Gasteiger partial charge in [0.25, 0.3) is 0 Å². The Labute approximate surface area is 216 Å². The number of ether oxygens (including phenoxy) is 2. The van der Waals surface area contributed by atoms with Crippen LogP contribution in [0.1, 0.15) is 28.8 Å². The van der Waals surface area contributed by atoms with Crippen LogP contribution in [0.3, 0.4) is 0 Å². The molecule has 0 aromatic heterocycles. The zero-order valence-electron chi connectivity index (χ0n) is 16.7. The Hall–Kier alpha value is -1.10. The van der Waals surface area contributed by atoms with Gasteiger partial charge in [0.05, 0.1) is 13.7 Å². The van der Waals surface area contributed by atoms with Crippen molar-refractivity contribution in [3.63, 3.8) is 0 Å². The molecule has 0 heterocycles. The number of rotatable bonds is 10. The summed E-state index contributed by atoms with van der Waals surface area (Å²) >= 11 is 0. The quantitative estimate of drug-likeness (QED) is 0.149. The molecule has 158 valence electrons. The fourth-order valence-corrected chi connectivity index (χ4v) is 3.21. The third-order valence-electron chi connectivity index (χ3n) is 4.09. The molecule has 0 aliphatic carbocycles. The summed E-state index contributed by atoms with van der Waals surface area (Å²) in [5.41, 5.74) is 0.421. The number of aromatic hydroxyl groups is 3. The molecule has 0 aliphatic rings. The minimum atomic E-state index is -4.36. The second kappa shape index (κ2) is 12.1. The summed E-state index contributed by atoms with van der Waals surface area (Å²) in [7, 11) is -2.94. The van der Waals surface area contributed by atoms with Crippen molar-refractivity contribution in [3.05, 3.63) is 41.5 Å². The molecule has 0 radical (unpaired) electrons. The Bertz CT molecular complexity index is 903. The first-order valence-electron chi connectivity index (χ1n) is 8.71. The van der Waals surface area contributed by atoms with E-state index < -0.39 is 31.0 Å². The molecule has 2 aromatic rings. The molecule has 9 nitrogen and oxygen atoms in total. The first kappa shape index (κ1) is 26.9. The van der Waals surface area contributed by atoms with Gasteiger partial charge in [-0.2, -0.15) is 0 Å². The third-order valence-corrected chi connectivity index (χ3v) is 4.97. The van der Waals surface area contributed by atoms with Gasteiger partial charge in [-0.1, -0.05) is 6.07 Å². The molecular formula is C19H22KO9P. The summed E-state index contributed by atoms with van der Waals surface area (Å²) in [5.74, 6) is -1.15. The Kier molecular flexibility index (Phi) is 10.8. The number of benzene rings is 2. The molecule has 0 amide bonds. The van der Waals surface area contributed by atoms with E-state index in [1.807, 2.05) is 0 Å². The normalized spacial score (nSPS) is 12.5. The molecular weight excluding hydrogens is 442 g/mol. The molecule has 0 bridgehead atoms. The van der Waals surface area contributed by atoms with Gasteiger partial charge in [0.1, 0.15) is 30.4 Å². The van der Waals surface area contributed by atoms with Gasteiger partial charge < -0.3 is 39.1 Å². The van der Waals surface area contributed by atoms with Crippen molar-refractivity contribution in [1.29, 1.82) is 0 Å². The van der Waals surface area contributed by atoms with Crippen molar-refractivity contribution in [2.45, 2.75) is 19.3 Å². The summed E-state index contributed by atoms with van der Waals surface area (Å²) in [6, 6.07) is 7.01. The van der Waals surface area contributed by atoms with E-state index in [4.69, 9.17) is 14.4 Å². The van der Waals surface area contributed by atoms with Gasteiger partial charge in [-0.15, -0.1) is 0 Å². The van der Waals surface area contributed by atoms with Crippen molar-refractivity contribution >= 4 is 13.4 Å². The van der Waals surface area contributed by atoms with Crippen LogP contribution in [0.4, 0.5) is 0 Å². The van der Waals surface area contributed by atoms with Gasteiger partial charge in [0.2, 0.25) is 0 Å². The van der Waals surface area contributed by atoms with Crippen LogP contribution in [0.25, 0.3) is 0 Å². The fourth-order valence-electron chi connectivity index (χ4n) is 2.68. The maximum Gasteiger partial charge on any atom is 1.00 e. The van der Waals surface area contributed by atoms with Crippen LogP contribution in [0, 0.1) is 0 Å². The number of carbonyl (C=O) groups excluding carboxylic acids is 1. The van der Waals surface area contributed by atoms with Crippen LogP contribution >= 0.6 is 7.60 Å². The second-order valence-corrected chi connectivity index (χ2v) is 8.05. The zero-order valence-corrected chi connectivity index (χ0v) is 20.7. The van der Waals surface area contributed by atoms with E-state index >= 15 is 0 Å². The minimum Gasteiger partial charge on any atom is -0.779 e. The van der Waals surface area contributed by atoms with Crippen LogP contribution in [-0.2, 0) is 11.0 Å². The van der Waals surface area contributed by atoms with Crippen LogP contribution < -0.4 is 65.8 Å². The number of phenols is 3. The van der Waals surface area contributed by atoms with Gasteiger partial charge in [0, 0.05) is 24.7 Å². The van der Waals surface area contributed by atoms with Gasteiger partial charge >= 0.3 is 51.4 Å². The topological polar surface area (TPSA) is 157 Å². The predicted octanol–water partition coefficient (Wildman–Crippen LogP) is -1.05. The molecule has 2 rings (SSSR count). The van der Waals surface area contributed by atoms with Crippen LogP contribution in [-0.4, -0.2) is 45.9 Å². The first-order valence-corrected chi connectivity index (χ1v) is 10.5. The Morgan fingerprint density at radius 2 is 1.73 bits per heavy atom. The molecule has 2 aromatic carbocycles. The number of ketones is 1. The molecule has 4 N–H and O–H groups in total. The van der Waals surface area contributed by atoms with E-state index in [9.17, 15) is 29.6 Å². The largest absolute Gasteiger partial charge is 1.00 e. The number of aryl methyl sites for hydroxylation is 1. The van der Waals surface area contributed by atoms with Gasteiger partial charge in [-0.05, 0) is 30.5 Å². The van der Waals surface area contributed by atoms with E-state index in [1.54, 1.807) is 12.1 Å². The summed E-state index contributed by atoms with van der Waals surface area (Å²) in [6.45, 7) is -0.0695. The molecule has 0 fully saturated rings. The number of hydrogen-bond donors (Lipinski definition) is 4. The van der Waals surface area contributed by atoms with Crippen LogP contribution in [0.15, 0.2) is 30.3 Å². The maximum atomic E-state index is 12.4. The number of hydrogen-bond acceptors (Lipinski definition) is 8. The average Bonchev–Trinajstić information content (AvgIpc) is 2.62. The maximum absolute atomic E-state index is 12.4. The molecule has 0 saturated heterocycles. The molecule has 30 heavy (non-hydrogen) atoms. The summed E-state index contributed by atoms with van der Waals surface area (Å²) in [4.78, 5) is 31.8. The molecule has 1 atom stereocenters. The first-order chi connectivity index (χ1) is 13.6. The van der Waals surface area contributed by atoms with E-state index in [2.05, 4.69) is 0 Å². The molecule has 1 unspecified atom stereocenters. The van der Waals surface area contributed by atoms with Crippen molar-refractivity contribution in [3.8, 4) is 28.7 Å². The Morgan fingerprint density at radius 3 is 2.27 bits per heavy atom. The van der Waals surface area contributed by atoms with E-state index in [0.29, 0.717) is 11.3 Å². The van der Waals surface area contributed by atoms with Gasteiger partial charge in [0.15, 0.2) is 17.3 Å². The zero-order chi connectivity index (χ0) is 21.6. The van der Waals surface area contributed by atoms with Gasteiger partial charge in [-0.25, -0.2) is 0 Å². The summed E-state index contributed by atoms with van der Waals surface area (Å²) < 4.78 is 20.8. The van der Waals surface area contributed by atoms with E-state index in [1.165, 1.54) is 13.2 Å². The Morgan fingerprint density at radius 1 is 1.10 bits per heavy atom. The summed E-state index contributed by atoms with van der Waals surface area (Å²) in [5, 5.41) is 29.9. The minimum absolute atomic E-state index is 0. The number of phenolic OH excluding ortho intramolecular Hbond substituents is 3. The smallest absolute Gasteiger partial charge is 0.779 e. The SMILES string of the molecule is COc1ccc(CCC(=O)c2c(O)cc(OCCCP(=O)([O-])O)cc2O)cc1O.[K+]. The standard InChI is InChI=1S/C19H23O9P.K/c1-27-18-6-4-12(9-15(18)21)3-5-14(20)19-16(22)10-13(11-17(19)23)28-7-2-8-29(24,25)26;/h4,6,9-11,21-23H,2-3,5,7-8H2,1H3,(H2,24,25,26);/q;+1/p-1. The molecule has 11 heteroatoms. The molecule has 0 aliphatic heterocycles. The van der Waals surface area contributed by atoms with Gasteiger partial charge in [-0.3, -0.25) is 4.79 Å². The van der Waals surface area contributed by atoms with Crippen molar-refractivity contribution < 1.29 is 95.3 Å². The van der Waals surface area contributed by atoms with Crippen LogP contribution in [0.2, 0.25) is 0 Å². The number of Topliss-reactive ketones (excluding diaryl/α,β-unsaturated/α-hetero) is 1. The average molecular weight is 464 g/mol. The Balaban J connectivity index is 0.00000450. The van der Waals surface area contributed by atoms with Crippen LogP contribution in [0.5, 0.6) is 28.7 Å². The van der Waals surface area contributed by atoms with Crippen molar-refractivity contribution in [2.75, 3.05) is 19.9 Å².